The maximum Gasteiger partial charge on any atom is 0.273 e. The Hall–Kier alpha value is -2.55. The fraction of sp³-hybridized carbons (Fsp3) is 0.348. The van der Waals surface area contributed by atoms with E-state index in [0.29, 0.717) is 17.4 Å². The Morgan fingerprint density at radius 3 is 2.68 bits per heavy atom. The van der Waals surface area contributed by atoms with Gasteiger partial charge in [0.15, 0.2) is 5.11 Å². The van der Waals surface area contributed by atoms with Crippen LogP contribution in [-0.4, -0.2) is 52.9 Å². The Morgan fingerprint density at radius 2 is 1.90 bits per heavy atom. The lowest BCUT2D eigenvalue weighted by Crippen LogP contribution is -2.29. The Kier molecular flexibility index (Phi) is 5.60. The largest absolute Gasteiger partial charge is 0.334 e. The zero-order valence-corrected chi connectivity index (χ0v) is 18.8. The fourth-order valence-electron chi connectivity index (χ4n) is 4.42. The Bertz CT molecular complexity index is 1080. The number of carbonyl (C=O) groups is 2. The first-order valence-corrected chi connectivity index (χ1v) is 11.9. The van der Waals surface area contributed by atoms with Crippen molar-refractivity contribution >= 4 is 46.6 Å². The number of rotatable bonds is 6. The number of likely N-dealkylation sites (tertiary alicyclic amines) is 1. The molecule has 1 aromatic carbocycles. The molecule has 31 heavy (non-hydrogen) atoms. The van der Waals surface area contributed by atoms with Crippen LogP contribution in [0, 0.1) is 0 Å². The SMILES string of the molecule is O=C1NC(=S)NC1=Cc1ccc(-c2ccc3c(c2)CN(CCCN2CCCC2)C3=O)s1. The number of hydrogen-bond donors (Lipinski definition) is 2. The summed E-state index contributed by atoms with van der Waals surface area (Å²) in [6.07, 6.45) is 5.44. The zero-order chi connectivity index (χ0) is 21.4. The van der Waals surface area contributed by atoms with Gasteiger partial charge in [-0.1, -0.05) is 6.07 Å². The van der Waals surface area contributed by atoms with E-state index in [-0.39, 0.29) is 11.8 Å². The molecule has 3 aliphatic rings. The molecule has 3 aliphatic heterocycles. The molecule has 1 aromatic heterocycles. The van der Waals surface area contributed by atoms with Gasteiger partial charge in [-0.15, -0.1) is 11.3 Å². The van der Waals surface area contributed by atoms with Crippen molar-refractivity contribution in [2.75, 3.05) is 26.2 Å². The van der Waals surface area contributed by atoms with Crippen LogP contribution >= 0.6 is 23.6 Å². The number of thiocarbonyl (C=S) groups is 1. The van der Waals surface area contributed by atoms with E-state index in [1.807, 2.05) is 29.2 Å². The van der Waals surface area contributed by atoms with Crippen molar-refractivity contribution < 1.29 is 9.59 Å². The first kappa shape index (κ1) is 20.4. The highest BCUT2D eigenvalue weighted by molar-refractivity contribution is 7.80. The van der Waals surface area contributed by atoms with Crippen LogP contribution in [0.3, 0.4) is 0 Å². The molecular formula is C23H24N4O2S2. The highest BCUT2D eigenvalue weighted by Gasteiger charge is 2.27. The van der Waals surface area contributed by atoms with Gasteiger partial charge in [-0.3, -0.25) is 14.9 Å². The van der Waals surface area contributed by atoms with Crippen molar-refractivity contribution in [3.05, 3.63) is 52.0 Å². The molecule has 2 N–H and O–H groups in total. The minimum absolute atomic E-state index is 0.147. The number of hydrogen-bond acceptors (Lipinski definition) is 5. The monoisotopic (exact) mass is 452 g/mol. The van der Waals surface area contributed by atoms with Crippen molar-refractivity contribution in [3.8, 4) is 10.4 Å². The van der Waals surface area contributed by atoms with E-state index in [9.17, 15) is 9.59 Å². The van der Waals surface area contributed by atoms with Gasteiger partial charge in [-0.2, -0.15) is 0 Å². The predicted octanol–water partition coefficient (Wildman–Crippen LogP) is 3.20. The van der Waals surface area contributed by atoms with Crippen molar-refractivity contribution in [1.29, 1.82) is 0 Å². The van der Waals surface area contributed by atoms with Gasteiger partial charge in [0.1, 0.15) is 5.70 Å². The van der Waals surface area contributed by atoms with Crippen LogP contribution in [0.4, 0.5) is 0 Å². The number of benzene rings is 1. The first-order chi connectivity index (χ1) is 15.1. The van der Waals surface area contributed by atoms with E-state index in [4.69, 9.17) is 12.2 Å². The Morgan fingerprint density at radius 1 is 1.06 bits per heavy atom. The van der Waals surface area contributed by atoms with Crippen molar-refractivity contribution in [3.63, 3.8) is 0 Å². The number of carbonyl (C=O) groups excluding carboxylic acids is 2. The van der Waals surface area contributed by atoms with Crippen LogP contribution in [-0.2, 0) is 11.3 Å². The molecule has 0 unspecified atom stereocenters. The minimum Gasteiger partial charge on any atom is -0.334 e. The van der Waals surface area contributed by atoms with Gasteiger partial charge in [0, 0.05) is 28.4 Å². The second-order valence-corrected chi connectivity index (χ2v) is 9.69. The van der Waals surface area contributed by atoms with E-state index < -0.39 is 0 Å². The predicted molar refractivity (Wildman–Crippen MR) is 127 cm³/mol. The van der Waals surface area contributed by atoms with E-state index >= 15 is 0 Å². The molecule has 0 aliphatic carbocycles. The molecule has 2 saturated heterocycles. The third kappa shape index (κ3) is 4.28. The summed E-state index contributed by atoms with van der Waals surface area (Å²) in [6.45, 7) is 4.98. The molecule has 2 amide bonds. The molecule has 8 heteroatoms. The number of nitrogens with zero attached hydrogens (tertiary/aromatic N) is 2. The maximum absolute atomic E-state index is 12.8. The molecule has 5 rings (SSSR count). The quantitative estimate of drug-likeness (QED) is 0.521. The summed E-state index contributed by atoms with van der Waals surface area (Å²) >= 11 is 6.58. The van der Waals surface area contributed by atoms with Crippen molar-refractivity contribution in [2.24, 2.45) is 0 Å². The Balaban J connectivity index is 1.26. The molecule has 2 aromatic rings. The summed E-state index contributed by atoms with van der Waals surface area (Å²) in [5.74, 6) is -0.0605. The lowest BCUT2D eigenvalue weighted by Gasteiger charge is -2.19. The molecule has 0 spiro atoms. The van der Waals surface area contributed by atoms with Crippen LogP contribution in [0.15, 0.2) is 36.0 Å². The number of thiophene rings is 1. The lowest BCUT2D eigenvalue weighted by atomic mass is 10.1. The molecule has 4 heterocycles. The van der Waals surface area contributed by atoms with Gasteiger partial charge in [0.25, 0.3) is 11.8 Å². The third-order valence-electron chi connectivity index (χ3n) is 6.00. The summed E-state index contributed by atoms with van der Waals surface area (Å²) in [5.41, 5.74) is 3.48. The second-order valence-electron chi connectivity index (χ2n) is 8.17. The molecule has 0 saturated carbocycles. The van der Waals surface area contributed by atoms with Gasteiger partial charge in [0.05, 0.1) is 0 Å². The highest BCUT2D eigenvalue weighted by Crippen LogP contribution is 2.33. The van der Waals surface area contributed by atoms with E-state index in [0.717, 1.165) is 46.0 Å². The molecule has 160 valence electrons. The lowest BCUT2D eigenvalue weighted by molar-refractivity contribution is -0.115. The molecule has 0 bridgehead atoms. The number of amides is 2. The second kappa shape index (κ2) is 8.53. The smallest absolute Gasteiger partial charge is 0.273 e. The summed E-state index contributed by atoms with van der Waals surface area (Å²) < 4.78 is 0. The molecule has 6 nitrogen and oxygen atoms in total. The molecular weight excluding hydrogens is 428 g/mol. The third-order valence-corrected chi connectivity index (χ3v) is 7.29. The highest BCUT2D eigenvalue weighted by atomic mass is 32.1. The van der Waals surface area contributed by atoms with E-state index in [1.54, 1.807) is 11.3 Å². The van der Waals surface area contributed by atoms with Crippen LogP contribution in [0.1, 0.15) is 40.1 Å². The normalized spacial score (nSPS) is 19.9. The minimum atomic E-state index is -0.208. The Labute approximate surface area is 190 Å². The van der Waals surface area contributed by atoms with Crippen molar-refractivity contribution in [2.45, 2.75) is 25.8 Å². The molecule has 2 fully saturated rings. The zero-order valence-electron chi connectivity index (χ0n) is 17.1. The van der Waals surface area contributed by atoms with Crippen LogP contribution in [0.5, 0.6) is 0 Å². The molecule has 0 atom stereocenters. The number of fused-ring (bicyclic) bond motifs is 1. The fourth-order valence-corrected chi connectivity index (χ4v) is 5.57. The standard InChI is InChI=1S/C23H24N4O2S2/c28-21-19(24-23(30)25-21)13-17-5-7-20(31-17)15-4-6-18-16(12-15)14-27(22(18)29)11-3-10-26-8-1-2-9-26/h4-7,12-13H,1-3,8-11,14H2,(H2,24,25,28,30). The van der Waals surface area contributed by atoms with Crippen LogP contribution < -0.4 is 10.6 Å². The van der Waals surface area contributed by atoms with E-state index in [1.165, 1.54) is 25.9 Å². The average Bonchev–Trinajstić information content (AvgIpc) is 3.53. The van der Waals surface area contributed by atoms with Gasteiger partial charge < -0.3 is 15.1 Å². The van der Waals surface area contributed by atoms with Crippen molar-refractivity contribution in [1.82, 2.24) is 20.4 Å². The summed E-state index contributed by atoms with van der Waals surface area (Å²) in [7, 11) is 0. The van der Waals surface area contributed by atoms with E-state index in [2.05, 4.69) is 27.7 Å². The maximum atomic E-state index is 12.8. The summed E-state index contributed by atoms with van der Waals surface area (Å²) in [4.78, 5) is 31.2. The van der Waals surface area contributed by atoms with Crippen LogP contribution in [0.25, 0.3) is 16.5 Å². The number of nitrogens with one attached hydrogen (secondary N) is 2. The van der Waals surface area contributed by atoms with Crippen LogP contribution in [0.2, 0.25) is 0 Å². The topological polar surface area (TPSA) is 64.7 Å². The summed E-state index contributed by atoms with van der Waals surface area (Å²) in [5, 5.41) is 5.78. The van der Waals surface area contributed by atoms with Gasteiger partial charge in [-0.25, -0.2) is 0 Å². The van der Waals surface area contributed by atoms with Gasteiger partial charge >= 0.3 is 0 Å². The average molecular weight is 453 g/mol. The first-order valence-electron chi connectivity index (χ1n) is 10.7. The summed E-state index contributed by atoms with van der Waals surface area (Å²) in [6, 6.07) is 10.1. The van der Waals surface area contributed by atoms with Gasteiger partial charge in [-0.05, 0) is 92.6 Å². The molecule has 0 radical (unpaired) electrons. The van der Waals surface area contributed by atoms with Gasteiger partial charge in [0.2, 0.25) is 0 Å².